The van der Waals surface area contributed by atoms with E-state index in [0.29, 0.717) is 45.0 Å². The monoisotopic (exact) mass is 411 g/mol. The number of ether oxygens (including phenoxy) is 2. The number of nitrogens with zero attached hydrogens (tertiary/aromatic N) is 3. The Morgan fingerprint density at radius 3 is 2.18 bits per heavy atom. The highest BCUT2D eigenvalue weighted by atomic mass is 32.2. The van der Waals surface area contributed by atoms with E-state index in [2.05, 4.69) is 0 Å². The topological polar surface area (TPSA) is 79.4 Å². The van der Waals surface area contributed by atoms with Gasteiger partial charge in [-0.3, -0.25) is 4.79 Å². The van der Waals surface area contributed by atoms with Crippen LogP contribution in [0.2, 0.25) is 0 Å². The molecule has 0 aromatic heterocycles. The smallest absolute Gasteiger partial charge is 0.282 e. The Kier molecular flexibility index (Phi) is 6.59. The lowest BCUT2D eigenvalue weighted by Gasteiger charge is -2.40. The van der Waals surface area contributed by atoms with Crippen molar-refractivity contribution in [2.45, 2.75) is 33.0 Å². The summed E-state index contributed by atoms with van der Waals surface area (Å²) in [6.45, 7) is 7.72. The number of morpholine rings is 1. The van der Waals surface area contributed by atoms with Crippen LogP contribution < -0.4 is 4.74 Å². The number of rotatable bonds is 5. The van der Waals surface area contributed by atoms with E-state index in [1.54, 1.807) is 4.90 Å². The fraction of sp³-hybridized carbons (Fsp3) is 0.632. The highest BCUT2D eigenvalue weighted by Gasteiger charge is 2.37. The van der Waals surface area contributed by atoms with E-state index in [1.165, 1.54) is 8.61 Å². The van der Waals surface area contributed by atoms with E-state index in [9.17, 15) is 13.2 Å². The predicted molar refractivity (Wildman–Crippen MR) is 105 cm³/mol. The molecule has 0 unspecified atom stereocenters. The van der Waals surface area contributed by atoms with Gasteiger partial charge >= 0.3 is 0 Å². The normalized spacial score (nSPS) is 24.9. The molecule has 0 saturated carbocycles. The number of carbonyl (C=O) groups excluding carboxylic acids is 1. The van der Waals surface area contributed by atoms with Gasteiger partial charge < -0.3 is 14.4 Å². The van der Waals surface area contributed by atoms with Crippen molar-refractivity contribution >= 4 is 16.1 Å². The van der Waals surface area contributed by atoms with Gasteiger partial charge in [0.2, 0.25) is 0 Å². The molecule has 8 nitrogen and oxygen atoms in total. The summed E-state index contributed by atoms with van der Waals surface area (Å²) in [7, 11) is -3.54. The largest absolute Gasteiger partial charge is 0.484 e. The van der Waals surface area contributed by atoms with Crippen LogP contribution in [0.25, 0.3) is 0 Å². The molecule has 2 saturated heterocycles. The number of carbonyl (C=O) groups is 1. The Morgan fingerprint density at radius 2 is 1.61 bits per heavy atom. The molecule has 2 aliphatic rings. The van der Waals surface area contributed by atoms with E-state index in [-0.39, 0.29) is 24.7 Å². The first-order valence-electron chi connectivity index (χ1n) is 9.63. The second kappa shape index (κ2) is 8.77. The molecule has 0 spiro atoms. The average Bonchev–Trinajstić information content (AvgIpc) is 2.66. The van der Waals surface area contributed by atoms with Crippen molar-refractivity contribution < 1.29 is 22.7 Å². The maximum absolute atomic E-state index is 12.9. The summed E-state index contributed by atoms with van der Waals surface area (Å²) in [6, 6.07) is 7.52. The minimum Gasteiger partial charge on any atom is -0.484 e. The fourth-order valence-electron chi connectivity index (χ4n) is 3.52. The zero-order chi connectivity index (χ0) is 20.3. The summed E-state index contributed by atoms with van der Waals surface area (Å²) in [4.78, 5) is 14.0. The molecule has 2 atom stereocenters. The number of hydrogen-bond acceptors (Lipinski definition) is 5. The zero-order valence-corrected chi connectivity index (χ0v) is 17.5. The second-order valence-corrected chi connectivity index (χ2v) is 9.39. The molecule has 1 amide bonds. The van der Waals surface area contributed by atoms with Gasteiger partial charge in [0.25, 0.3) is 16.1 Å². The molecular weight excluding hydrogens is 382 g/mol. The minimum atomic E-state index is -3.54. The second-order valence-electron chi connectivity index (χ2n) is 7.46. The molecule has 0 radical (unpaired) electrons. The maximum Gasteiger partial charge on any atom is 0.282 e. The molecule has 1 aromatic rings. The van der Waals surface area contributed by atoms with Crippen molar-refractivity contribution in [1.82, 2.24) is 13.5 Å². The highest BCUT2D eigenvalue weighted by molar-refractivity contribution is 7.86. The lowest BCUT2D eigenvalue weighted by Crippen LogP contribution is -2.58. The van der Waals surface area contributed by atoms with Crippen LogP contribution in [0.5, 0.6) is 5.75 Å². The third-order valence-electron chi connectivity index (χ3n) is 5.01. The fourth-order valence-corrected chi connectivity index (χ4v) is 5.27. The van der Waals surface area contributed by atoms with Gasteiger partial charge in [0.1, 0.15) is 5.75 Å². The summed E-state index contributed by atoms with van der Waals surface area (Å²) >= 11 is 0. The van der Waals surface area contributed by atoms with Gasteiger partial charge in [-0.1, -0.05) is 17.7 Å². The SMILES string of the molecule is Cc1ccc(OCC(=O)N2CCN(S(=O)(=O)N3C[C@@H](C)O[C@H](C)C3)CC2)cc1. The number of aryl methyl sites for hydroxylation is 1. The third-order valence-corrected chi connectivity index (χ3v) is 6.98. The zero-order valence-electron chi connectivity index (χ0n) is 16.7. The Morgan fingerprint density at radius 1 is 1.04 bits per heavy atom. The van der Waals surface area contributed by atoms with Crippen LogP contribution in [0.3, 0.4) is 0 Å². The molecule has 2 aliphatic heterocycles. The van der Waals surface area contributed by atoms with E-state index in [1.807, 2.05) is 45.0 Å². The summed E-state index contributed by atoms with van der Waals surface area (Å²) in [6.07, 6.45) is -0.249. The molecule has 9 heteroatoms. The summed E-state index contributed by atoms with van der Waals surface area (Å²) in [5.41, 5.74) is 1.13. The molecule has 0 aliphatic carbocycles. The number of piperazine rings is 1. The van der Waals surface area contributed by atoms with Gasteiger partial charge in [0.05, 0.1) is 12.2 Å². The number of benzene rings is 1. The summed E-state index contributed by atoms with van der Waals surface area (Å²) < 4.78 is 39.9. The first kappa shape index (κ1) is 21.0. The quantitative estimate of drug-likeness (QED) is 0.718. The van der Waals surface area contributed by atoms with Crippen LogP contribution >= 0.6 is 0 Å². The van der Waals surface area contributed by atoms with Crippen molar-refractivity contribution in [2.24, 2.45) is 0 Å². The maximum atomic E-state index is 12.9. The van der Waals surface area contributed by atoms with Crippen LogP contribution in [0, 0.1) is 6.92 Å². The molecule has 156 valence electrons. The van der Waals surface area contributed by atoms with Crippen LogP contribution in [0.4, 0.5) is 0 Å². The number of amides is 1. The first-order valence-corrected chi connectivity index (χ1v) is 11.0. The molecule has 2 fully saturated rings. The highest BCUT2D eigenvalue weighted by Crippen LogP contribution is 2.19. The standard InChI is InChI=1S/C19H29N3O5S/c1-15-4-6-18(7-5-15)26-14-19(23)20-8-10-21(11-9-20)28(24,25)22-12-16(2)27-17(3)13-22/h4-7,16-17H,8-14H2,1-3H3/t16-,17-/m1/s1. The summed E-state index contributed by atoms with van der Waals surface area (Å²) in [5, 5.41) is 0. The van der Waals surface area contributed by atoms with Gasteiger partial charge in [0.15, 0.2) is 6.61 Å². The molecule has 0 N–H and O–H groups in total. The van der Waals surface area contributed by atoms with E-state index < -0.39 is 10.2 Å². The van der Waals surface area contributed by atoms with E-state index in [4.69, 9.17) is 9.47 Å². The summed E-state index contributed by atoms with van der Waals surface area (Å²) in [5.74, 6) is 0.516. The molecule has 28 heavy (non-hydrogen) atoms. The molecular formula is C19H29N3O5S. The molecule has 2 heterocycles. The lowest BCUT2D eigenvalue weighted by molar-refractivity contribution is -0.134. The van der Waals surface area contributed by atoms with Gasteiger partial charge in [0, 0.05) is 39.3 Å². The van der Waals surface area contributed by atoms with E-state index in [0.717, 1.165) is 5.56 Å². The van der Waals surface area contributed by atoms with Crippen molar-refractivity contribution in [1.29, 1.82) is 0 Å². The lowest BCUT2D eigenvalue weighted by atomic mass is 10.2. The molecule has 0 bridgehead atoms. The van der Waals surface area contributed by atoms with Crippen molar-refractivity contribution in [2.75, 3.05) is 45.9 Å². The molecule has 1 aromatic carbocycles. The Balaban J connectivity index is 1.50. The van der Waals surface area contributed by atoms with Crippen LogP contribution in [-0.4, -0.2) is 85.9 Å². The number of hydrogen-bond donors (Lipinski definition) is 0. The minimum absolute atomic E-state index is 0.0473. The predicted octanol–water partition coefficient (Wildman–Crippen LogP) is 0.872. The Labute approximate surface area is 167 Å². The van der Waals surface area contributed by atoms with Crippen LogP contribution in [-0.2, 0) is 19.7 Å². The van der Waals surface area contributed by atoms with Crippen molar-refractivity contribution in [3.63, 3.8) is 0 Å². The molecule has 3 rings (SSSR count). The third kappa shape index (κ3) is 5.02. The van der Waals surface area contributed by atoms with Crippen molar-refractivity contribution in [3.8, 4) is 5.75 Å². The van der Waals surface area contributed by atoms with Gasteiger partial charge in [-0.05, 0) is 32.9 Å². The average molecular weight is 412 g/mol. The van der Waals surface area contributed by atoms with Gasteiger partial charge in [-0.15, -0.1) is 0 Å². The van der Waals surface area contributed by atoms with Crippen LogP contribution in [0.15, 0.2) is 24.3 Å². The van der Waals surface area contributed by atoms with Gasteiger partial charge in [-0.25, -0.2) is 0 Å². The Bertz CT molecular complexity index is 765. The van der Waals surface area contributed by atoms with E-state index >= 15 is 0 Å². The van der Waals surface area contributed by atoms with Crippen molar-refractivity contribution in [3.05, 3.63) is 29.8 Å². The first-order chi connectivity index (χ1) is 13.3. The van der Waals surface area contributed by atoms with Crippen LogP contribution in [0.1, 0.15) is 19.4 Å². The van der Waals surface area contributed by atoms with Gasteiger partial charge in [-0.2, -0.15) is 17.0 Å². The Hall–Kier alpha value is -1.68.